The Balaban J connectivity index is 1.62. The second-order valence-electron chi connectivity index (χ2n) is 5.75. The van der Waals surface area contributed by atoms with Gasteiger partial charge in [-0.2, -0.15) is 5.10 Å². The first-order chi connectivity index (χ1) is 9.65. The van der Waals surface area contributed by atoms with E-state index in [2.05, 4.69) is 15.1 Å². The minimum atomic E-state index is 0.318. The van der Waals surface area contributed by atoms with Crippen LogP contribution in [-0.4, -0.2) is 61.3 Å². The molecule has 1 aliphatic heterocycles. The van der Waals surface area contributed by atoms with Gasteiger partial charge in [0.1, 0.15) is 0 Å². The fourth-order valence-electron chi connectivity index (χ4n) is 2.49. The van der Waals surface area contributed by atoms with Gasteiger partial charge in [0.15, 0.2) is 5.82 Å². The number of hydrogen-bond acceptors (Lipinski definition) is 5. The Morgan fingerprint density at radius 2 is 1.95 bits per heavy atom. The first kappa shape index (κ1) is 13.1. The standard InChI is InChI=1S/C14H21N5O/c1-17(2)12-9-13(16-15-10-12)18-5-7-19(8-6-18)14(20)11-3-4-11/h9-11H,3-8H2,1-2H3. The molecule has 108 valence electrons. The molecule has 1 saturated carbocycles. The number of hydrogen-bond donors (Lipinski definition) is 0. The molecule has 1 aromatic rings. The summed E-state index contributed by atoms with van der Waals surface area (Å²) in [6, 6.07) is 2.05. The molecule has 0 radical (unpaired) electrons. The van der Waals surface area contributed by atoms with Gasteiger partial charge in [-0.1, -0.05) is 0 Å². The van der Waals surface area contributed by atoms with E-state index in [1.165, 1.54) is 0 Å². The lowest BCUT2D eigenvalue weighted by Crippen LogP contribution is -2.49. The average Bonchev–Trinajstić information content (AvgIpc) is 3.31. The Morgan fingerprint density at radius 3 is 2.55 bits per heavy atom. The average molecular weight is 275 g/mol. The van der Waals surface area contributed by atoms with E-state index in [9.17, 15) is 4.79 Å². The third-order valence-electron chi connectivity index (χ3n) is 3.99. The van der Waals surface area contributed by atoms with Crippen LogP contribution in [0.3, 0.4) is 0 Å². The molecule has 0 spiro atoms. The van der Waals surface area contributed by atoms with Crippen molar-refractivity contribution < 1.29 is 4.79 Å². The molecular formula is C14H21N5O. The lowest BCUT2D eigenvalue weighted by atomic mass is 10.2. The van der Waals surface area contributed by atoms with E-state index in [1.807, 2.05) is 30.0 Å². The molecule has 2 aliphatic rings. The van der Waals surface area contributed by atoms with E-state index in [-0.39, 0.29) is 0 Å². The highest BCUT2D eigenvalue weighted by Gasteiger charge is 2.34. The Kier molecular flexibility index (Phi) is 3.46. The summed E-state index contributed by atoms with van der Waals surface area (Å²) in [6.07, 6.45) is 3.92. The molecule has 6 heteroatoms. The number of piperazine rings is 1. The van der Waals surface area contributed by atoms with E-state index in [0.717, 1.165) is 50.5 Å². The quantitative estimate of drug-likeness (QED) is 0.808. The van der Waals surface area contributed by atoms with Crippen molar-refractivity contribution in [2.45, 2.75) is 12.8 Å². The summed E-state index contributed by atoms with van der Waals surface area (Å²) < 4.78 is 0. The second kappa shape index (κ2) is 5.26. The van der Waals surface area contributed by atoms with Gasteiger partial charge in [-0.3, -0.25) is 4.79 Å². The van der Waals surface area contributed by atoms with Crippen molar-refractivity contribution in [3.8, 4) is 0 Å². The van der Waals surface area contributed by atoms with Crippen molar-refractivity contribution in [2.24, 2.45) is 5.92 Å². The highest BCUT2D eigenvalue weighted by atomic mass is 16.2. The molecule has 1 saturated heterocycles. The first-order valence-electron chi connectivity index (χ1n) is 7.19. The van der Waals surface area contributed by atoms with E-state index in [0.29, 0.717) is 11.8 Å². The summed E-state index contributed by atoms with van der Waals surface area (Å²) in [7, 11) is 3.99. The number of amides is 1. The van der Waals surface area contributed by atoms with Crippen LogP contribution in [-0.2, 0) is 4.79 Å². The second-order valence-corrected chi connectivity index (χ2v) is 5.75. The third-order valence-corrected chi connectivity index (χ3v) is 3.99. The lowest BCUT2D eigenvalue weighted by molar-refractivity contribution is -0.132. The Labute approximate surface area is 119 Å². The maximum Gasteiger partial charge on any atom is 0.225 e. The molecule has 0 atom stereocenters. The molecule has 0 bridgehead atoms. The predicted octanol–water partition coefficient (Wildman–Crippen LogP) is 0.601. The summed E-state index contributed by atoms with van der Waals surface area (Å²) in [5.41, 5.74) is 1.05. The molecule has 6 nitrogen and oxygen atoms in total. The maximum absolute atomic E-state index is 12.0. The van der Waals surface area contributed by atoms with Crippen molar-refractivity contribution in [2.75, 3.05) is 50.1 Å². The molecular weight excluding hydrogens is 254 g/mol. The van der Waals surface area contributed by atoms with Gasteiger partial charge >= 0.3 is 0 Å². The maximum atomic E-state index is 12.0. The van der Waals surface area contributed by atoms with Crippen LogP contribution >= 0.6 is 0 Å². The van der Waals surface area contributed by atoms with Crippen molar-refractivity contribution in [1.82, 2.24) is 15.1 Å². The molecule has 20 heavy (non-hydrogen) atoms. The summed E-state index contributed by atoms with van der Waals surface area (Å²) in [5.74, 6) is 1.56. The minimum absolute atomic E-state index is 0.318. The number of nitrogens with zero attached hydrogens (tertiary/aromatic N) is 5. The van der Waals surface area contributed by atoms with E-state index in [1.54, 1.807) is 6.20 Å². The lowest BCUT2D eigenvalue weighted by Gasteiger charge is -2.35. The van der Waals surface area contributed by atoms with Crippen molar-refractivity contribution in [3.63, 3.8) is 0 Å². The molecule has 2 heterocycles. The predicted molar refractivity (Wildman–Crippen MR) is 77.9 cm³/mol. The van der Waals surface area contributed by atoms with Crippen LogP contribution < -0.4 is 9.80 Å². The van der Waals surface area contributed by atoms with Crippen molar-refractivity contribution in [1.29, 1.82) is 0 Å². The van der Waals surface area contributed by atoms with Gasteiger partial charge in [0.25, 0.3) is 0 Å². The fourth-order valence-corrected chi connectivity index (χ4v) is 2.49. The Hall–Kier alpha value is -1.85. The molecule has 0 aromatic carbocycles. The van der Waals surface area contributed by atoms with Crippen molar-refractivity contribution in [3.05, 3.63) is 12.3 Å². The van der Waals surface area contributed by atoms with Crippen LogP contribution in [0.1, 0.15) is 12.8 Å². The normalized spacial score (nSPS) is 19.1. The Bertz CT molecular complexity index is 492. The number of carbonyl (C=O) groups is 1. The van der Waals surface area contributed by atoms with Gasteiger partial charge in [-0.05, 0) is 12.8 Å². The number of rotatable bonds is 3. The van der Waals surface area contributed by atoms with Gasteiger partial charge in [-0.15, -0.1) is 5.10 Å². The smallest absolute Gasteiger partial charge is 0.225 e. The van der Waals surface area contributed by atoms with Gasteiger partial charge < -0.3 is 14.7 Å². The minimum Gasteiger partial charge on any atom is -0.376 e. The topological polar surface area (TPSA) is 52.6 Å². The highest BCUT2D eigenvalue weighted by molar-refractivity contribution is 5.81. The monoisotopic (exact) mass is 275 g/mol. The van der Waals surface area contributed by atoms with E-state index in [4.69, 9.17) is 0 Å². The number of anilines is 2. The molecule has 3 rings (SSSR count). The van der Waals surface area contributed by atoms with Crippen LogP contribution in [0, 0.1) is 5.92 Å². The summed E-state index contributed by atoms with van der Waals surface area (Å²) in [6.45, 7) is 3.26. The van der Waals surface area contributed by atoms with Crippen LogP contribution in [0.4, 0.5) is 11.5 Å². The zero-order valence-corrected chi connectivity index (χ0v) is 12.1. The third kappa shape index (κ3) is 2.69. The van der Waals surface area contributed by atoms with E-state index >= 15 is 0 Å². The number of aromatic nitrogens is 2. The zero-order chi connectivity index (χ0) is 14.1. The molecule has 1 aromatic heterocycles. The summed E-state index contributed by atoms with van der Waals surface area (Å²) >= 11 is 0. The fraction of sp³-hybridized carbons (Fsp3) is 0.643. The van der Waals surface area contributed by atoms with Gasteiger partial charge in [0, 0.05) is 52.3 Å². The molecule has 0 N–H and O–H groups in total. The summed E-state index contributed by atoms with van der Waals surface area (Å²) in [4.78, 5) is 18.2. The van der Waals surface area contributed by atoms with Gasteiger partial charge in [0.2, 0.25) is 5.91 Å². The largest absolute Gasteiger partial charge is 0.376 e. The van der Waals surface area contributed by atoms with Crippen molar-refractivity contribution >= 4 is 17.4 Å². The van der Waals surface area contributed by atoms with Crippen LogP contribution in [0.15, 0.2) is 12.3 Å². The van der Waals surface area contributed by atoms with Gasteiger partial charge in [0.05, 0.1) is 11.9 Å². The van der Waals surface area contributed by atoms with Crippen LogP contribution in [0.5, 0.6) is 0 Å². The molecule has 1 aliphatic carbocycles. The number of carbonyl (C=O) groups excluding carboxylic acids is 1. The zero-order valence-electron chi connectivity index (χ0n) is 12.1. The van der Waals surface area contributed by atoms with Gasteiger partial charge in [-0.25, -0.2) is 0 Å². The molecule has 2 fully saturated rings. The highest BCUT2D eigenvalue weighted by Crippen LogP contribution is 2.31. The Morgan fingerprint density at radius 1 is 1.25 bits per heavy atom. The van der Waals surface area contributed by atoms with E-state index < -0.39 is 0 Å². The first-order valence-corrected chi connectivity index (χ1v) is 7.19. The van der Waals surface area contributed by atoms with Crippen LogP contribution in [0.2, 0.25) is 0 Å². The molecule has 0 unspecified atom stereocenters. The molecule has 1 amide bonds. The van der Waals surface area contributed by atoms with Crippen LogP contribution in [0.25, 0.3) is 0 Å². The SMILES string of the molecule is CN(C)c1cnnc(N2CCN(C(=O)C3CC3)CC2)c1. The summed E-state index contributed by atoms with van der Waals surface area (Å²) in [5, 5.41) is 8.27.